The monoisotopic (exact) mass is 467 g/mol. The number of aliphatic imine (C=N–C) groups is 1. The number of hydrogen-bond donors (Lipinski definition) is 2. The zero-order valence-corrected chi connectivity index (χ0v) is 19.3. The normalized spacial score (nSPS) is 17.8. The predicted molar refractivity (Wildman–Crippen MR) is 121 cm³/mol. The van der Waals surface area contributed by atoms with Gasteiger partial charge in [0.1, 0.15) is 0 Å². The molecule has 1 atom stereocenters. The highest BCUT2D eigenvalue weighted by Gasteiger charge is 2.17. The van der Waals surface area contributed by atoms with E-state index < -0.39 is 0 Å². The summed E-state index contributed by atoms with van der Waals surface area (Å²) in [5, 5.41) is 6.84. The molecule has 0 amide bonds. The summed E-state index contributed by atoms with van der Waals surface area (Å²) < 4.78 is 0. The molecule has 25 heavy (non-hydrogen) atoms. The van der Waals surface area contributed by atoms with Gasteiger partial charge in [0.15, 0.2) is 5.96 Å². The molecule has 0 radical (unpaired) electrons. The molecule has 1 aliphatic rings. The van der Waals surface area contributed by atoms with Crippen LogP contribution in [0.1, 0.15) is 53.4 Å². The van der Waals surface area contributed by atoms with E-state index in [2.05, 4.69) is 48.1 Å². The maximum atomic E-state index is 4.79. The molecule has 2 N–H and O–H groups in total. The molecule has 6 heteroatoms. The van der Waals surface area contributed by atoms with E-state index in [0.717, 1.165) is 32.1 Å². The van der Waals surface area contributed by atoms with E-state index in [-0.39, 0.29) is 24.0 Å². The number of nitrogens with one attached hydrogen (secondary N) is 2. The topological polar surface area (TPSA) is 42.9 Å². The lowest BCUT2D eigenvalue weighted by molar-refractivity contribution is 0.125. The Morgan fingerprint density at radius 2 is 1.64 bits per heavy atom. The van der Waals surface area contributed by atoms with Gasteiger partial charge in [-0.25, -0.2) is 0 Å². The molecule has 0 saturated carbocycles. The van der Waals surface area contributed by atoms with Crippen molar-refractivity contribution < 1.29 is 0 Å². The SMILES string of the molecule is CCCCCCNC(=NCC(C)CN1CCN(CC)CC1)NCC.I. The summed E-state index contributed by atoms with van der Waals surface area (Å²) in [5.41, 5.74) is 0. The minimum absolute atomic E-state index is 0. The first-order valence-corrected chi connectivity index (χ1v) is 10.2. The van der Waals surface area contributed by atoms with Crippen molar-refractivity contribution in [1.82, 2.24) is 20.4 Å². The van der Waals surface area contributed by atoms with Crippen LogP contribution < -0.4 is 10.6 Å². The van der Waals surface area contributed by atoms with Crippen LogP contribution in [0.5, 0.6) is 0 Å². The van der Waals surface area contributed by atoms with Crippen LogP contribution >= 0.6 is 24.0 Å². The quantitative estimate of drug-likeness (QED) is 0.212. The summed E-state index contributed by atoms with van der Waals surface area (Å²) in [6.07, 6.45) is 5.16. The van der Waals surface area contributed by atoms with Crippen molar-refractivity contribution in [2.75, 3.05) is 58.9 Å². The third-order valence-electron chi connectivity index (χ3n) is 4.71. The van der Waals surface area contributed by atoms with E-state index >= 15 is 0 Å². The number of nitrogens with zero attached hydrogens (tertiary/aromatic N) is 3. The van der Waals surface area contributed by atoms with Crippen molar-refractivity contribution in [3.05, 3.63) is 0 Å². The van der Waals surface area contributed by atoms with Gasteiger partial charge in [-0.05, 0) is 25.8 Å². The van der Waals surface area contributed by atoms with Crippen LogP contribution in [0.15, 0.2) is 4.99 Å². The molecule has 1 fully saturated rings. The summed E-state index contributed by atoms with van der Waals surface area (Å²) in [6.45, 7) is 19.0. The number of hydrogen-bond acceptors (Lipinski definition) is 3. The highest BCUT2D eigenvalue weighted by atomic mass is 127. The Kier molecular flexibility index (Phi) is 16.1. The van der Waals surface area contributed by atoms with Crippen LogP contribution in [0, 0.1) is 5.92 Å². The molecule has 0 aromatic carbocycles. The summed E-state index contributed by atoms with van der Waals surface area (Å²) in [6, 6.07) is 0. The summed E-state index contributed by atoms with van der Waals surface area (Å²) in [5.74, 6) is 1.59. The number of rotatable bonds is 11. The van der Waals surface area contributed by atoms with Gasteiger partial charge in [-0.3, -0.25) is 4.99 Å². The molecule has 0 spiro atoms. The molecule has 1 rings (SSSR count). The van der Waals surface area contributed by atoms with Crippen LogP contribution in [0.25, 0.3) is 0 Å². The maximum absolute atomic E-state index is 4.79. The smallest absolute Gasteiger partial charge is 0.191 e. The average Bonchev–Trinajstić information content (AvgIpc) is 2.60. The van der Waals surface area contributed by atoms with E-state index in [1.54, 1.807) is 0 Å². The maximum Gasteiger partial charge on any atom is 0.191 e. The van der Waals surface area contributed by atoms with Gasteiger partial charge in [0, 0.05) is 52.4 Å². The number of guanidine groups is 1. The van der Waals surface area contributed by atoms with Gasteiger partial charge in [-0.1, -0.05) is 40.0 Å². The van der Waals surface area contributed by atoms with Gasteiger partial charge in [0.25, 0.3) is 0 Å². The zero-order valence-electron chi connectivity index (χ0n) is 17.0. The first-order valence-electron chi connectivity index (χ1n) is 10.2. The largest absolute Gasteiger partial charge is 0.357 e. The van der Waals surface area contributed by atoms with Gasteiger partial charge >= 0.3 is 0 Å². The fourth-order valence-corrected chi connectivity index (χ4v) is 3.13. The molecule has 1 aliphatic heterocycles. The van der Waals surface area contributed by atoms with Crippen LogP contribution in [0.4, 0.5) is 0 Å². The van der Waals surface area contributed by atoms with Gasteiger partial charge in [0.05, 0.1) is 0 Å². The van der Waals surface area contributed by atoms with E-state index in [9.17, 15) is 0 Å². The Bertz CT molecular complexity index is 330. The fourth-order valence-electron chi connectivity index (χ4n) is 3.13. The molecular formula is C19H42IN5. The lowest BCUT2D eigenvalue weighted by Crippen LogP contribution is -2.47. The van der Waals surface area contributed by atoms with Crippen molar-refractivity contribution in [3.63, 3.8) is 0 Å². The lowest BCUT2D eigenvalue weighted by atomic mass is 10.1. The summed E-state index contributed by atoms with van der Waals surface area (Å²) in [4.78, 5) is 9.91. The van der Waals surface area contributed by atoms with Crippen LogP contribution in [-0.2, 0) is 0 Å². The molecule has 0 aromatic heterocycles. The van der Waals surface area contributed by atoms with Crippen molar-refractivity contribution >= 4 is 29.9 Å². The van der Waals surface area contributed by atoms with Gasteiger partial charge in [-0.15, -0.1) is 24.0 Å². The lowest BCUT2D eigenvalue weighted by Gasteiger charge is -2.35. The Morgan fingerprint density at radius 3 is 2.24 bits per heavy atom. The average molecular weight is 467 g/mol. The molecule has 1 saturated heterocycles. The van der Waals surface area contributed by atoms with E-state index in [1.165, 1.54) is 58.4 Å². The molecule has 0 aliphatic carbocycles. The number of halogens is 1. The van der Waals surface area contributed by atoms with Crippen molar-refractivity contribution in [3.8, 4) is 0 Å². The summed E-state index contributed by atoms with van der Waals surface area (Å²) in [7, 11) is 0. The third-order valence-corrected chi connectivity index (χ3v) is 4.71. The molecule has 1 heterocycles. The number of likely N-dealkylation sites (N-methyl/N-ethyl adjacent to an activating group) is 1. The Morgan fingerprint density at radius 1 is 0.960 bits per heavy atom. The van der Waals surface area contributed by atoms with Crippen LogP contribution in [0.2, 0.25) is 0 Å². The minimum atomic E-state index is 0. The van der Waals surface area contributed by atoms with Crippen LogP contribution in [0.3, 0.4) is 0 Å². The molecule has 150 valence electrons. The van der Waals surface area contributed by atoms with Crippen molar-refractivity contribution in [2.45, 2.75) is 53.4 Å². The molecular weight excluding hydrogens is 425 g/mol. The molecule has 5 nitrogen and oxygen atoms in total. The van der Waals surface area contributed by atoms with Crippen molar-refractivity contribution in [1.29, 1.82) is 0 Å². The second-order valence-corrected chi connectivity index (χ2v) is 7.05. The van der Waals surface area contributed by atoms with Crippen molar-refractivity contribution in [2.24, 2.45) is 10.9 Å². The number of unbranched alkanes of at least 4 members (excludes halogenated alkanes) is 3. The highest BCUT2D eigenvalue weighted by molar-refractivity contribution is 14.0. The van der Waals surface area contributed by atoms with E-state index in [4.69, 9.17) is 4.99 Å². The molecule has 1 unspecified atom stereocenters. The number of piperazine rings is 1. The second kappa shape index (κ2) is 16.1. The predicted octanol–water partition coefficient (Wildman–Crippen LogP) is 3.01. The zero-order chi connectivity index (χ0) is 17.6. The minimum Gasteiger partial charge on any atom is -0.357 e. The Hall–Kier alpha value is -0.0800. The first kappa shape index (κ1) is 24.9. The standard InChI is InChI=1S/C19H41N5.HI/c1-5-8-9-10-11-21-19(20-6-2)22-16-18(4)17-24-14-12-23(7-3)13-15-24;/h18H,5-17H2,1-4H3,(H2,20,21,22);1H. The highest BCUT2D eigenvalue weighted by Crippen LogP contribution is 2.06. The van der Waals surface area contributed by atoms with Crippen LogP contribution in [-0.4, -0.2) is 74.7 Å². The Balaban J connectivity index is 0.00000576. The molecule has 0 bridgehead atoms. The second-order valence-electron chi connectivity index (χ2n) is 7.05. The summed E-state index contributed by atoms with van der Waals surface area (Å²) >= 11 is 0. The Labute approximate surface area is 173 Å². The van der Waals surface area contributed by atoms with Gasteiger partial charge in [-0.2, -0.15) is 0 Å². The third kappa shape index (κ3) is 12.0. The van der Waals surface area contributed by atoms with Gasteiger partial charge < -0.3 is 20.4 Å². The van der Waals surface area contributed by atoms with E-state index in [1.807, 2.05) is 0 Å². The molecule has 0 aromatic rings. The fraction of sp³-hybridized carbons (Fsp3) is 0.947. The van der Waals surface area contributed by atoms with Gasteiger partial charge in [0.2, 0.25) is 0 Å². The van der Waals surface area contributed by atoms with E-state index in [0.29, 0.717) is 5.92 Å². The first-order chi connectivity index (χ1) is 11.7.